The van der Waals surface area contributed by atoms with E-state index in [1.54, 1.807) is 6.07 Å². The summed E-state index contributed by atoms with van der Waals surface area (Å²) in [6.45, 7) is 2.00. The number of carbonyl (C=O) groups excluding carboxylic acids is 1. The van der Waals surface area contributed by atoms with Crippen LogP contribution in [0.25, 0.3) is 0 Å². The molecule has 0 bridgehead atoms. The van der Waals surface area contributed by atoms with Crippen LogP contribution in [0.5, 0.6) is 5.75 Å². The van der Waals surface area contributed by atoms with Gasteiger partial charge in [-0.15, -0.1) is 0 Å². The van der Waals surface area contributed by atoms with Gasteiger partial charge in [0, 0.05) is 0 Å². The molecule has 10 heteroatoms. The van der Waals surface area contributed by atoms with Crippen LogP contribution in [-0.4, -0.2) is 34.4 Å². The fraction of sp³-hybridized carbons (Fsp3) is 0.118. The minimum Gasteiger partial charge on any atom is -0.505 e. The number of benzene rings is 1. The molecule has 10 nitrogen and oxygen atoms in total. The summed E-state index contributed by atoms with van der Waals surface area (Å²) >= 11 is 0. The van der Waals surface area contributed by atoms with Gasteiger partial charge in [-0.1, -0.05) is 6.07 Å². The number of hydrogen-bond donors (Lipinski definition) is 4. The summed E-state index contributed by atoms with van der Waals surface area (Å²) in [5, 5.41) is 10.2. The highest BCUT2D eigenvalue weighted by molar-refractivity contribution is 6.55. The Bertz CT molecular complexity index is 1030. The van der Waals surface area contributed by atoms with E-state index in [9.17, 15) is 9.90 Å². The van der Waals surface area contributed by atoms with Crippen molar-refractivity contribution < 1.29 is 14.3 Å². The lowest BCUT2D eigenvalue weighted by atomic mass is 10.1. The van der Waals surface area contributed by atoms with Crippen LogP contribution in [0.15, 0.2) is 54.7 Å². The number of primary amides is 1. The summed E-state index contributed by atoms with van der Waals surface area (Å²) in [4.78, 5) is 28.1. The molecule has 2 aromatic rings. The van der Waals surface area contributed by atoms with Gasteiger partial charge in [0.15, 0.2) is 29.1 Å². The van der Waals surface area contributed by atoms with Gasteiger partial charge < -0.3 is 26.7 Å². The molecule has 0 fully saturated rings. The van der Waals surface area contributed by atoms with E-state index in [-0.39, 0.29) is 46.9 Å². The quantitative estimate of drug-likeness (QED) is 0.621. The van der Waals surface area contributed by atoms with Crippen molar-refractivity contribution in [2.75, 3.05) is 0 Å². The summed E-state index contributed by atoms with van der Waals surface area (Å²) in [5.74, 6) is 0.308. The maximum Gasteiger partial charge on any atom is 0.252 e. The normalized spacial score (nSPS) is 17.1. The number of aryl methyl sites for hydroxylation is 1. The monoisotopic (exact) mass is 367 g/mol. The molecule has 0 atom stereocenters. The number of nitrogens with two attached hydrogens (primary N) is 3. The molecule has 0 unspecified atom stereocenters. The lowest BCUT2D eigenvalue weighted by Gasteiger charge is -2.11. The molecule has 1 amide bonds. The fourth-order valence-electron chi connectivity index (χ4n) is 2.28. The van der Waals surface area contributed by atoms with Gasteiger partial charge in [0.2, 0.25) is 0 Å². The molecule has 0 saturated heterocycles. The van der Waals surface area contributed by atoms with E-state index in [2.05, 4.69) is 20.0 Å². The van der Waals surface area contributed by atoms with Crippen LogP contribution >= 0.6 is 0 Å². The third-order valence-corrected chi connectivity index (χ3v) is 3.60. The number of para-hydroxylation sites is 1. The predicted octanol–water partition coefficient (Wildman–Crippen LogP) is 0.749. The molecule has 1 aliphatic heterocycles. The van der Waals surface area contributed by atoms with Gasteiger partial charge in [0.05, 0.1) is 12.1 Å². The maximum atomic E-state index is 11.4. The van der Waals surface area contributed by atoms with Gasteiger partial charge in [-0.25, -0.2) is 15.0 Å². The Morgan fingerprint density at radius 1 is 1.15 bits per heavy atom. The number of amides is 1. The summed E-state index contributed by atoms with van der Waals surface area (Å²) < 4.78 is 5.46. The highest BCUT2D eigenvalue weighted by atomic mass is 16.3. The first-order chi connectivity index (χ1) is 12.8. The molecule has 0 radical (unpaired) electrons. The fourth-order valence-corrected chi connectivity index (χ4v) is 2.28. The summed E-state index contributed by atoms with van der Waals surface area (Å²) in [7, 11) is 0. The molecule has 3 rings (SSSR count). The van der Waals surface area contributed by atoms with Crippen LogP contribution in [0.2, 0.25) is 0 Å². The number of carbonyl (C=O) groups is 1. The largest absolute Gasteiger partial charge is 0.505 e. The minimum atomic E-state index is -0.787. The summed E-state index contributed by atoms with van der Waals surface area (Å²) in [6.07, 6.45) is 0. The van der Waals surface area contributed by atoms with E-state index >= 15 is 0 Å². The van der Waals surface area contributed by atoms with Gasteiger partial charge in [-0.3, -0.25) is 9.79 Å². The zero-order valence-corrected chi connectivity index (χ0v) is 14.4. The van der Waals surface area contributed by atoms with Gasteiger partial charge in [0.25, 0.3) is 5.91 Å². The highest BCUT2D eigenvalue weighted by Crippen LogP contribution is 2.30. The lowest BCUT2D eigenvalue weighted by Crippen LogP contribution is -2.37. The number of phenols is 1. The molecule has 1 aliphatic rings. The summed E-state index contributed by atoms with van der Waals surface area (Å²) in [6, 6.07) is 7.98. The van der Waals surface area contributed by atoms with Crippen molar-refractivity contribution in [3.63, 3.8) is 0 Å². The van der Waals surface area contributed by atoms with E-state index in [0.717, 1.165) is 5.76 Å². The predicted molar refractivity (Wildman–Crippen MR) is 102 cm³/mol. The molecule has 1 aromatic heterocycles. The minimum absolute atomic E-state index is 0.00145. The number of aliphatic imine (C=N–C) groups is 4. The van der Waals surface area contributed by atoms with Crippen LogP contribution in [0.3, 0.4) is 0 Å². The SMILES string of the molecule is Cc1ccc(CN=C2N=C(N)C(N)=NC2=Nc2cccc(C(N)=O)c2O)o1. The standard InChI is InChI=1S/C17H17N7O3/c1-8-5-6-9(27-8)7-21-16-17(24-14(19)13(18)23-16)22-11-4-2-3-10(12(11)25)15(20)26/h2-6,25H,7H2,1H3,(H2,20,26)(H2,18,21,23)(H2,19,22,24). The van der Waals surface area contributed by atoms with Gasteiger partial charge in [-0.05, 0) is 31.2 Å². The molecule has 7 N–H and O–H groups in total. The van der Waals surface area contributed by atoms with Crippen molar-refractivity contribution in [2.24, 2.45) is 37.2 Å². The van der Waals surface area contributed by atoms with Gasteiger partial charge in [-0.2, -0.15) is 0 Å². The number of aromatic hydroxyl groups is 1. The number of hydrogen-bond acceptors (Lipinski definition) is 7. The average Bonchev–Trinajstić information content (AvgIpc) is 3.03. The van der Waals surface area contributed by atoms with E-state index in [4.69, 9.17) is 21.6 Å². The number of nitrogens with zero attached hydrogens (tertiary/aromatic N) is 4. The smallest absolute Gasteiger partial charge is 0.252 e. The van der Waals surface area contributed by atoms with Crippen molar-refractivity contribution in [1.29, 1.82) is 0 Å². The molecular weight excluding hydrogens is 350 g/mol. The molecule has 138 valence electrons. The maximum absolute atomic E-state index is 11.4. The first-order valence-corrected chi connectivity index (χ1v) is 7.84. The van der Waals surface area contributed by atoms with Crippen LogP contribution in [0.4, 0.5) is 5.69 Å². The molecule has 0 saturated carbocycles. The lowest BCUT2D eigenvalue weighted by molar-refractivity contribution is 0.0998. The number of furan rings is 1. The topological polar surface area (TPSA) is 178 Å². The Hall–Kier alpha value is -3.95. The first-order valence-electron chi connectivity index (χ1n) is 7.84. The first kappa shape index (κ1) is 17.9. The zero-order chi connectivity index (χ0) is 19.6. The number of amidine groups is 4. The summed E-state index contributed by atoms with van der Waals surface area (Å²) in [5.41, 5.74) is 16.7. The Morgan fingerprint density at radius 3 is 2.48 bits per heavy atom. The second-order valence-corrected chi connectivity index (χ2v) is 5.62. The van der Waals surface area contributed by atoms with Crippen molar-refractivity contribution in [2.45, 2.75) is 13.5 Å². The van der Waals surface area contributed by atoms with E-state index in [1.807, 2.05) is 13.0 Å². The Morgan fingerprint density at radius 2 is 1.85 bits per heavy atom. The third kappa shape index (κ3) is 3.84. The zero-order valence-electron chi connectivity index (χ0n) is 14.4. The van der Waals surface area contributed by atoms with Crippen LogP contribution in [0, 0.1) is 6.92 Å². The third-order valence-electron chi connectivity index (χ3n) is 3.60. The van der Waals surface area contributed by atoms with Crippen LogP contribution in [-0.2, 0) is 6.54 Å². The molecule has 1 aromatic carbocycles. The van der Waals surface area contributed by atoms with E-state index < -0.39 is 5.91 Å². The van der Waals surface area contributed by atoms with Crippen molar-refractivity contribution >= 4 is 34.9 Å². The molecule has 0 spiro atoms. The molecule has 0 aliphatic carbocycles. The molecule has 2 heterocycles. The Labute approximate surface area is 153 Å². The van der Waals surface area contributed by atoms with E-state index in [1.165, 1.54) is 18.2 Å². The van der Waals surface area contributed by atoms with Gasteiger partial charge in [0.1, 0.15) is 17.2 Å². The number of rotatable bonds is 4. The Kier molecular flexibility index (Phi) is 4.71. The highest BCUT2D eigenvalue weighted by Gasteiger charge is 2.19. The second kappa shape index (κ2) is 7.12. The molecule has 27 heavy (non-hydrogen) atoms. The van der Waals surface area contributed by atoms with Crippen LogP contribution in [0.1, 0.15) is 21.9 Å². The van der Waals surface area contributed by atoms with Crippen LogP contribution < -0.4 is 17.2 Å². The Balaban J connectivity index is 2.01. The molecular formula is C17H17N7O3. The van der Waals surface area contributed by atoms with Crippen molar-refractivity contribution in [3.05, 3.63) is 47.4 Å². The van der Waals surface area contributed by atoms with Crippen molar-refractivity contribution in [3.8, 4) is 5.75 Å². The second-order valence-electron chi connectivity index (χ2n) is 5.62. The van der Waals surface area contributed by atoms with Gasteiger partial charge >= 0.3 is 0 Å². The van der Waals surface area contributed by atoms with E-state index in [0.29, 0.717) is 5.76 Å². The van der Waals surface area contributed by atoms with Crippen molar-refractivity contribution in [1.82, 2.24) is 0 Å². The average molecular weight is 367 g/mol.